The molecule has 1 aromatic carbocycles. The van der Waals surface area contributed by atoms with Gasteiger partial charge in [-0.2, -0.15) is 0 Å². The summed E-state index contributed by atoms with van der Waals surface area (Å²) in [7, 11) is 1.83. The Morgan fingerprint density at radius 1 is 1.17 bits per heavy atom. The second-order valence-corrected chi connectivity index (χ2v) is 6.79. The number of carbonyl (C=O) groups is 2. The molecular weight excluding hydrogens is 302 g/mol. The van der Waals surface area contributed by atoms with E-state index in [-0.39, 0.29) is 24.4 Å². The van der Waals surface area contributed by atoms with Crippen LogP contribution in [0.15, 0.2) is 18.2 Å². The molecule has 1 N–H and O–H groups in total. The zero-order valence-electron chi connectivity index (χ0n) is 15.3. The predicted molar refractivity (Wildman–Crippen MR) is 97.1 cm³/mol. The molecule has 0 aliphatic carbocycles. The molecule has 2 amide bonds. The first-order valence-electron chi connectivity index (χ1n) is 8.75. The lowest BCUT2D eigenvalue weighted by Crippen LogP contribution is -2.49. The van der Waals surface area contributed by atoms with Gasteiger partial charge in [-0.1, -0.05) is 18.2 Å². The molecule has 0 saturated carbocycles. The topological polar surface area (TPSA) is 52.7 Å². The van der Waals surface area contributed by atoms with Gasteiger partial charge in [0.15, 0.2) is 0 Å². The van der Waals surface area contributed by atoms with E-state index in [0.717, 1.165) is 42.7 Å². The summed E-state index contributed by atoms with van der Waals surface area (Å²) in [5.74, 6) is 0.0327. The van der Waals surface area contributed by atoms with Crippen molar-refractivity contribution in [2.75, 3.05) is 32.0 Å². The first-order chi connectivity index (χ1) is 11.4. The van der Waals surface area contributed by atoms with Gasteiger partial charge in [-0.25, -0.2) is 0 Å². The van der Waals surface area contributed by atoms with Crippen LogP contribution >= 0.6 is 0 Å². The Balaban J connectivity index is 1.91. The second kappa shape index (κ2) is 8.29. The number of anilines is 1. The van der Waals surface area contributed by atoms with Gasteiger partial charge in [-0.05, 0) is 58.2 Å². The van der Waals surface area contributed by atoms with Crippen LogP contribution in [0.1, 0.15) is 37.3 Å². The molecule has 1 fully saturated rings. The summed E-state index contributed by atoms with van der Waals surface area (Å²) >= 11 is 0. The molecule has 0 spiro atoms. The number of amides is 2. The summed E-state index contributed by atoms with van der Waals surface area (Å²) in [5, 5.41) is 2.98. The Morgan fingerprint density at radius 2 is 1.75 bits per heavy atom. The second-order valence-electron chi connectivity index (χ2n) is 6.79. The van der Waals surface area contributed by atoms with Crippen LogP contribution in [-0.4, -0.2) is 54.3 Å². The SMILES string of the molecule is Cc1cccc(C)c1NC(=O)CN(C)C(C)C(=O)N1CCCCC1. The van der Waals surface area contributed by atoms with E-state index >= 15 is 0 Å². The Kier molecular flexibility index (Phi) is 6.37. The minimum Gasteiger partial charge on any atom is -0.341 e. The lowest BCUT2D eigenvalue weighted by atomic mass is 10.1. The van der Waals surface area contributed by atoms with Crippen molar-refractivity contribution in [3.05, 3.63) is 29.3 Å². The molecule has 1 aliphatic heterocycles. The molecule has 1 heterocycles. The summed E-state index contributed by atoms with van der Waals surface area (Å²) in [6.45, 7) is 7.72. The predicted octanol–water partition coefficient (Wildman–Crippen LogP) is 2.57. The fraction of sp³-hybridized carbons (Fsp3) is 0.579. The maximum absolute atomic E-state index is 12.5. The van der Waals surface area contributed by atoms with E-state index in [1.54, 1.807) is 0 Å². The minimum absolute atomic E-state index is 0.0896. The summed E-state index contributed by atoms with van der Waals surface area (Å²) in [6, 6.07) is 5.65. The van der Waals surface area contributed by atoms with Gasteiger partial charge in [-0.15, -0.1) is 0 Å². The molecule has 1 saturated heterocycles. The first-order valence-corrected chi connectivity index (χ1v) is 8.75. The normalized spacial score (nSPS) is 16.1. The van der Waals surface area contributed by atoms with Crippen molar-refractivity contribution in [3.63, 3.8) is 0 Å². The van der Waals surface area contributed by atoms with Crippen molar-refractivity contribution < 1.29 is 9.59 Å². The number of nitrogens with one attached hydrogen (secondary N) is 1. The highest BCUT2D eigenvalue weighted by Gasteiger charge is 2.26. The Hall–Kier alpha value is -1.88. The monoisotopic (exact) mass is 331 g/mol. The van der Waals surface area contributed by atoms with E-state index in [1.807, 2.05) is 55.8 Å². The molecule has 24 heavy (non-hydrogen) atoms. The van der Waals surface area contributed by atoms with Crippen molar-refractivity contribution >= 4 is 17.5 Å². The number of hydrogen-bond donors (Lipinski definition) is 1. The molecule has 0 aromatic heterocycles. The number of rotatable bonds is 5. The summed E-state index contributed by atoms with van der Waals surface area (Å²) in [5.41, 5.74) is 2.96. The van der Waals surface area contributed by atoms with Crippen LogP contribution in [0.2, 0.25) is 0 Å². The average Bonchev–Trinajstić information content (AvgIpc) is 2.57. The lowest BCUT2D eigenvalue weighted by Gasteiger charge is -2.32. The van der Waals surface area contributed by atoms with Crippen LogP contribution < -0.4 is 5.32 Å². The average molecular weight is 331 g/mol. The number of hydrogen-bond acceptors (Lipinski definition) is 3. The third-order valence-corrected chi connectivity index (χ3v) is 4.82. The zero-order valence-corrected chi connectivity index (χ0v) is 15.3. The van der Waals surface area contributed by atoms with Crippen molar-refractivity contribution in [2.24, 2.45) is 0 Å². The van der Waals surface area contributed by atoms with Gasteiger partial charge >= 0.3 is 0 Å². The summed E-state index contributed by atoms with van der Waals surface area (Å²) < 4.78 is 0. The number of carbonyl (C=O) groups excluding carboxylic acids is 2. The molecule has 1 aliphatic rings. The number of nitrogens with zero attached hydrogens (tertiary/aromatic N) is 2. The van der Waals surface area contributed by atoms with Crippen LogP contribution in [0, 0.1) is 13.8 Å². The standard InChI is InChI=1S/C19H29N3O2/c1-14-9-8-10-15(2)18(14)20-17(23)13-21(4)16(3)19(24)22-11-6-5-7-12-22/h8-10,16H,5-7,11-13H2,1-4H3,(H,20,23). The van der Waals surface area contributed by atoms with E-state index in [4.69, 9.17) is 0 Å². The van der Waals surface area contributed by atoms with E-state index < -0.39 is 0 Å². The number of likely N-dealkylation sites (tertiary alicyclic amines) is 1. The molecule has 5 nitrogen and oxygen atoms in total. The lowest BCUT2D eigenvalue weighted by molar-refractivity contribution is -0.137. The van der Waals surface area contributed by atoms with Crippen LogP contribution in [0.25, 0.3) is 0 Å². The van der Waals surface area contributed by atoms with Gasteiger partial charge in [0.25, 0.3) is 0 Å². The molecule has 1 atom stereocenters. The Labute approximate surface area is 145 Å². The van der Waals surface area contributed by atoms with Crippen molar-refractivity contribution in [3.8, 4) is 0 Å². The first kappa shape index (κ1) is 18.5. The molecule has 5 heteroatoms. The molecule has 1 aromatic rings. The number of benzene rings is 1. The largest absolute Gasteiger partial charge is 0.341 e. The summed E-state index contributed by atoms with van der Waals surface area (Å²) in [4.78, 5) is 28.6. The maximum Gasteiger partial charge on any atom is 0.239 e. The Morgan fingerprint density at radius 3 is 2.33 bits per heavy atom. The number of aryl methyl sites for hydroxylation is 2. The van der Waals surface area contributed by atoms with E-state index in [2.05, 4.69) is 5.32 Å². The van der Waals surface area contributed by atoms with Crippen molar-refractivity contribution in [1.29, 1.82) is 0 Å². The number of piperidine rings is 1. The molecule has 1 unspecified atom stereocenters. The van der Waals surface area contributed by atoms with E-state index in [1.165, 1.54) is 6.42 Å². The fourth-order valence-corrected chi connectivity index (χ4v) is 3.12. The van der Waals surface area contributed by atoms with Crippen LogP contribution in [-0.2, 0) is 9.59 Å². The van der Waals surface area contributed by atoms with E-state index in [9.17, 15) is 9.59 Å². The fourth-order valence-electron chi connectivity index (χ4n) is 3.12. The quantitative estimate of drug-likeness (QED) is 0.902. The van der Waals surface area contributed by atoms with Gasteiger partial charge in [-0.3, -0.25) is 14.5 Å². The highest BCUT2D eigenvalue weighted by Crippen LogP contribution is 2.19. The van der Waals surface area contributed by atoms with Gasteiger partial charge in [0.1, 0.15) is 0 Å². The smallest absolute Gasteiger partial charge is 0.239 e. The van der Waals surface area contributed by atoms with Crippen LogP contribution in [0.4, 0.5) is 5.69 Å². The highest BCUT2D eigenvalue weighted by atomic mass is 16.2. The summed E-state index contributed by atoms with van der Waals surface area (Å²) in [6.07, 6.45) is 3.36. The molecule has 0 bridgehead atoms. The van der Waals surface area contributed by atoms with Crippen LogP contribution in [0.5, 0.6) is 0 Å². The maximum atomic E-state index is 12.5. The molecular formula is C19H29N3O2. The van der Waals surface area contributed by atoms with Crippen molar-refractivity contribution in [2.45, 2.75) is 46.1 Å². The minimum atomic E-state index is -0.285. The highest BCUT2D eigenvalue weighted by molar-refractivity contribution is 5.94. The third kappa shape index (κ3) is 4.57. The molecule has 2 rings (SSSR count). The van der Waals surface area contributed by atoms with Crippen LogP contribution in [0.3, 0.4) is 0 Å². The molecule has 132 valence electrons. The van der Waals surface area contributed by atoms with Gasteiger partial charge in [0.05, 0.1) is 12.6 Å². The van der Waals surface area contributed by atoms with E-state index in [0.29, 0.717) is 0 Å². The van der Waals surface area contributed by atoms with Crippen molar-refractivity contribution in [1.82, 2.24) is 9.80 Å². The number of para-hydroxylation sites is 1. The Bertz CT molecular complexity index is 574. The number of likely N-dealkylation sites (N-methyl/N-ethyl adjacent to an activating group) is 1. The third-order valence-electron chi connectivity index (χ3n) is 4.82. The zero-order chi connectivity index (χ0) is 17.7. The molecule has 0 radical (unpaired) electrons. The van der Waals surface area contributed by atoms with Gasteiger partial charge in [0.2, 0.25) is 11.8 Å². The van der Waals surface area contributed by atoms with Gasteiger partial charge in [0, 0.05) is 18.8 Å². The van der Waals surface area contributed by atoms with Gasteiger partial charge < -0.3 is 10.2 Å².